The number of carbonyl (C=O) groups is 1. The molecule has 6 unspecified atom stereocenters. The summed E-state index contributed by atoms with van der Waals surface area (Å²) in [5.74, 6) is 4.29. The molecule has 3 fully saturated rings. The average molecular weight is 340 g/mol. The van der Waals surface area contributed by atoms with Crippen LogP contribution in [0.4, 0.5) is 0 Å². The maximum absolute atomic E-state index is 12.4. The molecule has 2 heteroatoms. The Bertz CT molecular complexity index is 632. The predicted molar refractivity (Wildman–Crippen MR) is 101 cm³/mol. The van der Waals surface area contributed by atoms with Gasteiger partial charge in [0.25, 0.3) is 0 Å². The first-order chi connectivity index (χ1) is 12.2. The lowest BCUT2D eigenvalue weighted by atomic mass is 9.51. The Balaban J connectivity index is 1.54. The molecule has 0 aromatic heterocycles. The fourth-order valence-electron chi connectivity index (χ4n) is 7.65. The maximum atomic E-state index is 12.4. The second-order valence-electron chi connectivity index (χ2n) is 9.62. The number of hydrogen-bond acceptors (Lipinski definition) is 1. The largest absolute Gasteiger partial charge is 0.369 e. The SMILES string of the molecule is NC(=O)C12CCCCC1=C1C=CC3C4CCCCC4CCC3C1CC2. The summed E-state index contributed by atoms with van der Waals surface area (Å²) < 4.78 is 0. The van der Waals surface area contributed by atoms with Crippen molar-refractivity contribution in [1.82, 2.24) is 0 Å². The van der Waals surface area contributed by atoms with Gasteiger partial charge in [0.15, 0.2) is 0 Å². The highest BCUT2D eigenvalue weighted by molar-refractivity contribution is 5.85. The van der Waals surface area contributed by atoms with Gasteiger partial charge in [-0.25, -0.2) is 0 Å². The quantitative estimate of drug-likeness (QED) is 0.706. The zero-order valence-corrected chi connectivity index (χ0v) is 15.5. The van der Waals surface area contributed by atoms with Gasteiger partial charge in [0.1, 0.15) is 0 Å². The van der Waals surface area contributed by atoms with Crippen molar-refractivity contribution in [3.8, 4) is 0 Å². The predicted octanol–water partition coefficient (Wildman–Crippen LogP) is 5.14. The molecule has 0 radical (unpaired) electrons. The number of carbonyl (C=O) groups excluding carboxylic acids is 1. The zero-order valence-electron chi connectivity index (χ0n) is 15.5. The molecule has 0 aliphatic heterocycles. The first-order valence-electron chi connectivity index (χ1n) is 10.9. The molecule has 0 heterocycles. The molecular weight excluding hydrogens is 306 g/mol. The van der Waals surface area contributed by atoms with E-state index in [1.807, 2.05) is 0 Å². The van der Waals surface area contributed by atoms with Crippen LogP contribution in [0.1, 0.15) is 77.0 Å². The molecule has 0 spiro atoms. The molecule has 1 amide bonds. The number of primary amides is 1. The molecule has 5 rings (SSSR count). The molecule has 0 aromatic carbocycles. The molecule has 0 aromatic rings. The molecule has 3 saturated carbocycles. The minimum atomic E-state index is -0.288. The van der Waals surface area contributed by atoms with Crippen molar-refractivity contribution in [2.45, 2.75) is 77.0 Å². The van der Waals surface area contributed by atoms with E-state index < -0.39 is 0 Å². The second-order valence-corrected chi connectivity index (χ2v) is 9.62. The van der Waals surface area contributed by atoms with Crippen LogP contribution in [0.25, 0.3) is 0 Å². The van der Waals surface area contributed by atoms with Gasteiger partial charge in [0.2, 0.25) is 5.91 Å². The molecular formula is C23H33NO. The summed E-state index contributed by atoms with van der Waals surface area (Å²) in [5.41, 5.74) is 8.68. The van der Waals surface area contributed by atoms with Crippen molar-refractivity contribution < 1.29 is 4.79 Å². The van der Waals surface area contributed by atoms with E-state index in [1.54, 1.807) is 5.57 Å². The lowest BCUT2D eigenvalue weighted by Crippen LogP contribution is -2.47. The van der Waals surface area contributed by atoms with E-state index in [0.717, 1.165) is 48.9 Å². The fourth-order valence-corrected chi connectivity index (χ4v) is 7.65. The molecule has 6 atom stereocenters. The first-order valence-corrected chi connectivity index (χ1v) is 10.9. The first kappa shape index (κ1) is 16.1. The normalized spacial score (nSPS) is 45.8. The number of hydrogen-bond donors (Lipinski definition) is 1. The Morgan fingerprint density at radius 1 is 0.960 bits per heavy atom. The van der Waals surface area contributed by atoms with E-state index in [1.165, 1.54) is 63.4 Å². The van der Waals surface area contributed by atoms with Crippen molar-refractivity contribution in [3.63, 3.8) is 0 Å². The van der Waals surface area contributed by atoms with Crippen LogP contribution in [-0.4, -0.2) is 5.91 Å². The number of allylic oxidation sites excluding steroid dienone is 3. The number of nitrogens with two attached hydrogens (primary N) is 1. The van der Waals surface area contributed by atoms with Gasteiger partial charge in [-0.15, -0.1) is 0 Å². The summed E-state index contributed by atoms with van der Waals surface area (Å²) >= 11 is 0. The van der Waals surface area contributed by atoms with Gasteiger partial charge in [-0.05, 0) is 86.5 Å². The van der Waals surface area contributed by atoms with E-state index in [9.17, 15) is 4.79 Å². The Morgan fingerprint density at radius 3 is 2.72 bits per heavy atom. The van der Waals surface area contributed by atoms with E-state index in [4.69, 9.17) is 5.73 Å². The molecule has 25 heavy (non-hydrogen) atoms. The zero-order chi connectivity index (χ0) is 17.0. The monoisotopic (exact) mass is 339 g/mol. The number of fused-ring (bicyclic) bond motifs is 6. The van der Waals surface area contributed by atoms with Crippen molar-refractivity contribution in [3.05, 3.63) is 23.3 Å². The minimum absolute atomic E-state index is 0.0420. The summed E-state index contributed by atoms with van der Waals surface area (Å²) in [7, 11) is 0. The van der Waals surface area contributed by atoms with Crippen molar-refractivity contribution >= 4 is 5.91 Å². The van der Waals surface area contributed by atoms with Gasteiger partial charge in [-0.3, -0.25) is 4.79 Å². The van der Waals surface area contributed by atoms with Crippen LogP contribution >= 0.6 is 0 Å². The van der Waals surface area contributed by atoms with E-state index in [-0.39, 0.29) is 11.3 Å². The van der Waals surface area contributed by atoms with Crippen LogP contribution in [0.5, 0.6) is 0 Å². The van der Waals surface area contributed by atoms with Crippen LogP contribution in [0, 0.1) is 35.0 Å². The van der Waals surface area contributed by atoms with Crippen LogP contribution < -0.4 is 5.73 Å². The Hall–Kier alpha value is -1.05. The molecule has 0 bridgehead atoms. The summed E-state index contributed by atoms with van der Waals surface area (Å²) in [6.07, 6.45) is 20.5. The van der Waals surface area contributed by atoms with Gasteiger partial charge in [0.05, 0.1) is 5.41 Å². The van der Waals surface area contributed by atoms with Gasteiger partial charge in [0, 0.05) is 0 Å². The van der Waals surface area contributed by atoms with Crippen molar-refractivity contribution in [2.24, 2.45) is 40.7 Å². The van der Waals surface area contributed by atoms with Gasteiger partial charge < -0.3 is 5.73 Å². The lowest BCUT2D eigenvalue weighted by Gasteiger charge is -2.53. The average Bonchev–Trinajstić information content (AvgIpc) is 2.66. The smallest absolute Gasteiger partial charge is 0.227 e. The highest BCUT2D eigenvalue weighted by Gasteiger charge is 2.51. The van der Waals surface area contributed by atoms with E-state index >= 15 is 0 Å². The molecule has 136 valence electrons. The summed E-state index contributed by atoms with van der Waals surface area (Å²) in [4.78, 5) is 12.4. The van der Waals surface area contributed by atoms with Crippen LogP contribution in [0.2, 0.25) is 0 Å². The molecule has 5 aliphatic carbocycles. The topological polar surface area (TPSA) is 43.1 Å². The Kier molecular flexibility index (Phi) is 3.87. The Labute approximate surface area is 152 Å². The summed E-state index contributed by atoms with van der Waals surface area (Å²) in [6, 6.07) is 0. The van der Waals surface area contributed by atoms with Crippen molar-refractivity contribution in [1.29, 1.82) is 0 Å². The highest BCUT2D eigenvalue weighted by atomic mass is 16.1. The summed E-state index contributed by atoms with van der Waals surface area (Å²) in [5, 5.41) is 0. The van der Waals surface area contributed by atoms with Gasteiger partial charge in [-0.1, -0.05) is 43.4 Å². The van der Waals surface area contributed by atoms with Gasteiger partial charge >= 0.3 is 0 Å². The van der Waals surface area contributed by atoms with E-state index in [2.05, 4.69) is 12.2 Å². The van der Waals surface area contributed by atoms with Crippen molar-refractivity contribution in [2.75, 3.05) is 0 Å². The fraction of sp³-hybridized carbons (Fsp3) is 0.783. The maximum Gasteiger partial charge on any atom is 0.227 e. The van der Waals surface area contributed by atoms with Crippen LogP contribution in [-0.2, 0) is 4.79 Å². The number of amides is 1. The number of rotatable bonds is 1. The summed E-state index contributed by atoms with van der Waals surface area (Å²) in [6.45, 7) is 0. The third-order valence-electron chi connectivity index (χ3n) is 8.80. The Morgan fingerprint density at radius 2 is 1.84 bits per heavy atom. The minimum Gasteiger partial charge on any atom is -0.369 e. The molecule has 5 aliphatic rings. The van der Waals surface area contributed by atoms with Crippen LogP contribution in [0.3, 0.4) is 0 Å². The van der Waals surface area contributed by atoms with Crippen LogP contribution in [0.15, 0.2) is 23.3 Å². The molecule has 0 saturated heterocycles. The highest BCUT2D eigenvalue weighted by Crippen LogP contribution is 2.59. The standard InChI is InChI=1S/C23H33NO/c24-22(25)23-13-4-3-7-21(23)20-11-10-17-16-6-2-1-5-15(16)8-9-18(17)19(20)12-14-23/h10-11,15-19H,1-9,12-14H2,(H2,24,25). The van der Waals surface area contributed by atoms with Gasteiger partial charge in [-0.2, -0.15) is 0 Å². The third-order valence-corrected chi connectivity index (χ3v) is 8.80. The third kappa shape index (κ3) is 2.32. The lowest BCUT2D eigenvalue weighted by molar-refractivity contribution is -0.127. The second kappa shape index (κ2) is 5.99. The molecule has 2 nitrogen and oxygen atoms in total. The van der Waals surface area contributed by atoms with E-state index in [0.29, 0.717) is 0 Å². The molecule has 2 N–H and O–H groups in total.